The zero-order valence-corrected chi connectivity index (χ0v) is 14.3. The fraction of sp³-hybridized carbons (Fsp3) is 0.529. The van der Waals surface area contributed by atoms with Crippen molar-refractivity contribution in [3.8, 4) is 0 Å². The van der Waals surface area contributed by atoms with Crippen molar-refractivity contribution in [3.63, 3.8) is 0 Å². The van der Waals surface area contributed by atoms with E-state index >= 15 is 0 Å². The molecule has 0 aliphatic rings. The molecule has 0 saturated heterocycles. The number of rotatable bonds is 9. The Morgan fingerprint density at radius 2 is 1.83 bits per heavy atom. The summed E-state index contributed by atoms with van der Waals surface area (Å²) in [7, 11) is 0. The van der Waals surface area contributed by atoms with Gasteiger partial charge in [0.2, 0.25) is 4.77 Å². The third-order valence-electron chi connectivity index (χ3n) is 3.90. The molecule has 1 heterocycles. The number of halogens is 2. The molecule has 3 nitrogen and oxygen atoms in total. The molecule has 0 aliphatic carbocycles. The lowest BCUT2D eigenvalue weighted by Gasteiger charge is -2.12. The van der Waals surface area contributed by atoms with Crippen LogP contribution in [-0.4, -0.2) is 14.3 Å². The quantitative estimate of drug-likeness (QED) is 0.468. The van der Waals surface area contributed by atoms with E-state index in [0.717, 1.165) is 25.5 Å². The van der Waals surface area contributed by atoms with Gasteiger partial charge < -0.3 is 0 Å². The zero-order valence-electron chi connectivity index (χ0n) is 13.5. The maximum atomic E-state index is 13.8. The van der Waals surface area contributed by atoms with E-state index in [1.165, 1.54) is 37.8 Å². The molecule has 0 spiro atoms. The van der Waals surface area contributed by atoms with E-state index in [0.29, 0.717) is 16.9 Å². The van der Waals surface area contributed by atoms with E-state index in [9.17, 15) is 8.78 Å². The van der Waals surface area contributed by atoms with Gasteiger partial charge in [0.25, 0.3) is 0 Å². The maximum absolute atomic E-state index is 13.8. The highest BCUT2D eigenvalue weighted by Crippen LogP contribution is 2.12. The number of hydrogen-bond donors (Lipinski definition) is 0. The minimum atomic E-state index is -0.569. The van der Waals surface area contributed by atoms with Crippen molar-refractivity contribution < 1.29 is 8.78 Å². The van der Waals surface area contributed by atoms with Gasteiger partial charge >= 0.3 is 0 Å². The SMILES string of the molecule is CCCCCCCCn1c(=S)ncn1Cc1ccc(F)cc1F. The number of aromatic nitrogens is 3. The second-order valence-electron chi connectivity index (χ2n) is 5.75. The second kappa shape index (κ2) is 8.91. The van der Waals surface area contributed by atoms with Gasteiger partial charge in [-0.05, 0) is 24.7 Å². The number of nitrogens with zero attached hydrogens (tertiary/aromatic N) is 3. The van der Waals surface area contributed by atoms with Gasteiger partial charge in [-0.3, -0.25) is 9.36 Å². The molecule has 6 heteroatoms. The highest BCUT2D eigenvalue weighted by Gasteiger charge is 2.08. The summed E-state index contributed by atoms with van der Waals surface area (Å²) in [5.41, 5.74) is 0.426. The summed E-state index contributed by atoms with van der Waals surface area (Å²) in [5.74, 6) is -1.11. The first kappa shape index (κ1) is 17.8. The minimum Gasteiger partial charge on any atom is -0.268 e. The number of unbranched alkanes of at least 4 members (excludes halogenated alkanes) is 5. The van der Waals surface area contributed by atoms with Crippen molar-refractivity contribution in [1.29, 1.82) is 0 Å². The molecular weight excluding hydrogens is 316 g/mol. The Kier molecular flexibility index (Phi) is 6.89. The molecule has 1 aromatic carbocycles. The molecule has 0 fully saturated rings. The van der Waals surface area contributed by atoms with Gasteiger partial charge in [0.15, 0.2) is 0 Å². The van der Waals surface area contributed by atoms with Crippen molar-refractivity contribution in [2.45, 2.75) is 58.5 Å². The fourth-order valence-electron chi connectivity index (χ4n) is 2.57. The van der Waals surface area contributed by atoms with Crippen LogP contribution in [0.1, 0.15) is 51.0 Å². The van der Waals surface area contributed by atoms with Gasteiger partial charge in [0.1, 0.15) is 18.0 Å². The molecule has 0 N–H and O–H groups in total. The van der Waals surface area contributed by atoms with E-state index in [1.807, 2.05) is 4.68 Å². The van der Waals surface area contributed by atoms with Gasteiger partial charge in [-0.1, -0.05) is 45.1 Å². The summed E-state index contributed by atoms with van der Waals surface area (Å²) in [5, 5.41) is 0. The first-order valence-electron chi connectivity index (χ1n) is 8.18. The van der Waals surface area contributed by atoms with Crippen LogP contribution in [0.4, 0.5) is 8.78 Å². The van der Waals surface area contributed by atoms with Crippen molar-refractivity contribution >= 4 is 12.2 Å². The Hall–Kier alpha value is -1.56. The van der Waals surface area contributed by atoms with E-state index in [1.54, 1.807) is 11.0 Å². The van der Waals surface area contributed by atoms with Crippen LogP contribution in [0.25, 0.3) is 0 Å². The Balaban J connectivity index is 1.96. The molecule has 0 saturated carbocycles. The van der Waals surface area contributed by atoms with E-state index in [2.05, 4.69) is 11.9 Å². The van der Waals surface area contributed by atoms with E-state index in [-0.39, 0.29) is 0 Å². The summed E-state index contributed by atoms with van der Waals surface area (Å²) >= 11 is 5.24. The minimum absolute atomic E-state index is 0.297. The summed E-state index contributed by atoms with van der Waals surface area (Å²) < 4.78 is 31.0. The number of hydrogen-bond acceptors (Lipinski definition) is 2. The van der Waals surface area contributed by atoms with Crippen molar-refractivity contribution in [3.05, 3.63) is 46.5 Å². The summed E-state index contributed by atoms with van der Waals surface area (Å²) in [6.45, 7) is 3.27. The van der Waals surface area contributed by atoms with Gasteiger partial charge in [-0.2, -0.15) is 0 Å². The highest BCUT2D eigenvalue weighted by molar-refractivity contribution is 7.71. The molecule has 0 radical (unpaired) electrons. The lowest BCUT2D eigenvalue weighted by Crippen LogP contribution is -2.14. The predicted molar refractivity (Wildman–Crippen MR) is 89.9 cm³/mol. The average Bonchev–Trinajstić information content (AvgIpc) is 2.86. The van der Waals surface area contributed by atoms with Crippen molar-refractivity contribution in [1.82, 2.24) is 14.3 Å². The maximum Gasteiger partial charge on any atom is 0.215 e. The van der Waals surface area contributed by atoms with Gasteiger partial charge in [-0.15, -0.1) is 0 Å². The van der Waals surface area contributed by atoms with E-state index < -0.39 is 11.6 Å². The summed E-state index contributed by atoms with van der Waals surface area (Å²) in [6.07, 6.45) is 8.79. The Morgan fingerprint density at radius 1 is 1.09 bits per heavy atom. The largest absolute Gasteiger partial charge is 0.268 e. The third kappa shape index (κ3) is 5.23. The third-order valence-corrected chi connectivity index (χ3v) is 4.22. The molecule has 0 bridgehead atoms. The molecule has 0 amide bonds. The molecule has 0 unspecified atom stereocenters. The van der Waals surface area contributed by atoms with Gasteiger partial charge in [0.05, 0.1) is 6.54 Å². The molecule has 2 rings (SSSR count). The molecule has 1 aromatic heterocycles. The molecule has 126 valence electrons. The van der Waals surface area contributed by atoms with E-state index in [4.69, 9.17) is 12.2 Å². The van der Waals surface area contributed by atoms with Crippen LogP contribution in [-0.2, 0) is 13.1 Å². The van der Waals surface area contributed by atoms with Crippen LogP contribution < -0.4 is 0 Å². The van der Waals surface area contributed by atoms with Gasteiger partial charge in [-0.25, -0.2) is 13.8 Å². The normalized spacial score (nSPS) is 11.1. The van der Waals surface area contributed by atoms with Crippen molar-refractivity contribution in [2.24, 2.45) is 0 Å². The zero-order chi connectivity index (χ0) is 16.7. The van der Waals surface area contributed by atoms with Crippen LogP contribution in [0, 0.1) is 16.4 Å². The monoisotopic (exact) mass is 339 g/mol. The molecule has 0 atom stereocenters. The summed E-state index contributed by atoms with van der Waals surface area (Å²) in [6, 6.07) is 3.63. The Morgan fingerprint density at radius 3 is 2.57 bits per heavy atom. The summed E-state index contributed by atoms with van der Waals surface area (Å²) in [4.78, 5) is 4.13. The number of benzene rings is 1. The molecule has 23 heavy (non-hydrogen) atoms. The standard InChI is InChI=1S/C17H23F2N3S/c1-2-3-4-5-6-7-10-22-17(23)20-13-21(22)12-14-8-9-15(18)11-16(14)19/h8-9,11,13H,2-7,10,12H2,1H3. The topological polar surface area (TPSA) is 22.8 Å². The smallest absolute Gasteiger partial charge is 0.215 e. The van der Waals surface area contributed by atoms with Crippen LogP contribution in [0.5, 0.6) is 0 Å². The Labute approximate surface area is 140 Å². The molecule has 0 aliphatic heterocycles. The molecular formula is C17H23F2N3S. The van der Waals surface area contributed by atoms with Crippen LogP contribution in [0.3, 0.4) is 0 Å². The lowest BCUT2D eigenvalue weighted by molar-refractivity contribution is 0.440. The highest BCUT2D eigenvalue weighted by atomic mass is 32.1. The van der Waals surface area contributed by atoms with Gasteiger partial charge in [0, 0.05) is 18.2 Å². The first-order valence-corrected chi connectivity index (χ1v) is 8.59. The van der Waals surface area contributed by atoms with Crippen LogP contribution in [0.2, 0.25) is 0 Å². The fourth-order valence-corrected chi connectivity index (χ4v) is 2.81. The lowest BCUT2D eigenvalue weighted by atomic mass is 10.1. The second-order valence-corrected chi connectivity index (χ2v) is 6.12. The van der Waals surface area contributed by atoms with Crippen LogP contribution >= 0.6 is 12.2 Å². The van der Waals surface area contributed by atoms with Crippen LogP contribution in [0.15, 0.2) is 24.5 Å². The van der Waals surface area contributed by atoms with Crippen molar-refractivity contribution in [2.75, 3.05) is 0 Å². The Bertz CT molecular complexity index is 679. The average molecular weight is 339 g/mol. The predicted octanol–water partition coefficient (Wildman–Crippen LogP) is 5.10. The first-order chi connectivity index (χ1) is 11.1. The molecule has 2 aromatic rings.